The number of rotatable bonds is 1. The highest BCUT2D eigenvalue weighted by Crippen LogP contribution is 2.01. The number of hydrogen-bond donors (Lipinski definition) is 0. The lowest BCUT2D eigenvalue weighted by molar-refractivity contribution is 0.605. The van der Waals surface area contributed by atoms with Gasteiger partial charge >= 0.3 is 0 Å². The second-order valence-corrected chi connectivity index (χ2v) is 3.70. The third-order valence-electron chi connectivity index (χ3n) is 2.38. The molecule has 0 radical (unpaired) electrons. The number of aryl methyl sites for hydroxylation is 2. The lowest BCUT2D eigenvalue weighted by Gasteiger charge is -2.16. The molecule has 4 nitrogen and oxygen atoms in total. The van der Waals surface area contributed by atoms with Crippen LogP contribution in [0.15, 0.2) is 46.2 Å². The van der Waals surface area contributed by atoms with E-state index in [1.165, 1.54) is 12.1 Å². The van der Waals surface area contributed by atoms with E-state index in [1.54, 1.807) is 29.2 Å². The summed E-state index contributed by atoms with van der Waals surface area (Å²) in [5.41, 5.74) is 1.61. The summed E-state index contributed by atoms with van der Waals surface area (Å²) in [5.74, 6) is 0. The zero-order valence-electron chi connectivity index (χ0n) is 9.18. The molecule has 2 heterocycles. The zero-order chi connectivity index (χ0) is 11.7. The average molecular weight is 216 g/mol. The van der Waals surface area contributed by atoms with Gasteiger partial charge in [-0.1, -0.05) is 0 Å². The topological polar surface area (TPSA) is 44.0 Å². The van der Waals surface area contributed by atoms with Crippen molar-refractivity contribution in [3.63, 3.8) is 0 Å². The Hall–Kier alpha value is -2.10. The molecular formula is C12H12N2O2. The standard InChI is InChI=1S/C12H12N2O2/c1-9-7-12(16)8-10(2)14(9)13-5-3-11(15)4-6-13/h3-8H,1-2H3. The molecular weight excluding hydrogens is 204 g/mol. The van der Waals surface area contributed by atoms with Gasteiger partial charge in [-0.2, -0.15) is 0 Å². The Bertz CT molecular complexity index is 591. The van der Waals surface area contributed by atoms with E-state index in [0.717, 1.165) is 11.4 Å². The van der Waals surface area contributed by atoms with Crippen LogP contribution in [-0.2, 0) is 0 Å². The first kappa shape index (κ1) is 10.4. The Kier molecular flexibility index (Phi) is 2.48. The summed E-state index contributed by atoms with van der Waals surface area (Å²) in [4.78, 5) is 22.3. The molecule has 0 N–H and O–H groups in total. The second kappa shape index (κ2) is 3.81. The lowest BCUT2D eigenvalue weighted by Crippen LogP contribution is -2.20. The molecule has 2 aromatic rings. The molecule has 2 aromatic heterocycles. The van der Waals surface area contributed by atoms with Crippen molar-refractivity contribution in [2.45, 2.75) is 13.8 Å². The van der Waals surface area contributed by atoms with Crippen LogP contribution in [0.3, 0.4) is 0 Å². The molecule has 0 atom stereocenters. The zero-order valence-corrected chi connectivity index (χ0v) is 9.18. The molecule has 16 heavy (non-hydrogen) atoms. The minimum absolute atomic E-state index is 0.00713. The highest BCUT2D eigenvalue weighted by Gasteiger charge is 2.01. The molecule has 2 rings (SSSR count). The van der Waals surface area contributed by atoms with Crippen molar-refractivity contribution in [1.82, 2.24) is 9.35 Å². The Morgan fingerprint density at radius 3 is 1.88 bits per heavy atom. The van der Waals surface area contributed by atoms with Gasteiger partial charge in [0.15, 0.2) is 10.9 Å². The molecule has 0 aromatic carbocycles. The van der Waals surface area contributed by atoms with Crippen LogP contribution in [0.1, 0.15) is 11.4 Å². The van der Waals surface area contributed by atoms with E-state index < -0.39 is 0 Å². The molecule has 0 bridgehead atoms. The van der Waals surface area contributed by atoms with Crippen LogP contribution >= 0.6 is 0 Å². The summed E-state index contributed by atoms with van der Waals surface area (Å²) < 4.78 is 3.63. The van der Waals surface area contributed by atoms with Crippen LogP contribution in [0.4, 0.5) is 0 Å². The van der Waals surface area contributed by atoms with E-state index in [1.807, 2.05) is 18.5 Å². The van der Waals surface area contributed by atoms with Crippen LogP contribution < -0.4 is 10.9 Å². The number of hydrogen-bond acceptors (Lipinski definition) is 2. The van der Waals surface area contributed by atoms with Crippen LogP contribution in [-0.4, -0.2) is 9.35 Å². The smallest absolute Gasteiger partial charge is 0.182 e. The second-order valence-electron chi connectivity index (χ2n) is 3.70. The minimum atomic E-state index is -0.0346. The van der Waals surface area contributed by atoms with Gasteiger partial charge < -0.3 is 0 Å². The van der Waals surface area contributed by atoms with E-state index in [2.05, 4.69) is 0 Å². The quantitative estimate of drug-likeness (QED) is 0.712. The first-order chi connectivity index (χ1) is 7.58. The van der Waals surface area contributed by atoms with Gasteiger partial charge in [-0.3, -0.25) is 18.9 Å². The van der Waals surface area contributed by atoms with Gasteiger partial charge in [0.1, 0.15) is 0 Å². The molecule has 4 heteroatoms. The van der Waals surface area contributed by atoms with Crippen molar-refractivity contribution in [2.24, 2.45) is 0 Å². The number of aromatic nitrogens is 2. The molecule has 0 saturated heterocycles. The predicted molar refractivity (Wildman–Crippen MR) is 61.7 cm³/mol. The minimum Gasteiger partial charge on any atom is -0.290 e. The van der Waals surface area contributed by atoms with E-state index in [9.17, 15) is 9.59 Å². The van der Waals surface area contributed by atoms with Crippen molar-refractivity contribution >= 4 is 0 Å². The van der Waals surface area contributed by atoms with E-state index in [-0.39, 0.29) is 10.9 Å². The van der Waals surface area contributed by atoms with Crippen LogP contribution in [0.5, 0.6) is 0 Å². The van der Waals surface area contributed by atoms with Gasteiger partial charge in [-0.15, -0.1) is 0 Å². The Balaban J connectivity index is 2.69. The summed E-state index contributed by atoms with van der Waals surface area (Å²) in [7, 11) is 0. The van der Waals surface area contributed by atoms with Crippen molar-refractivity contribution < 1.29 is 0 Å². The van der Waals surface area contributed by atoms with Crippen molar-refractivity contribution in [2.75, 3.05) is 0 Å². The van der Waals surface area contributed by atoms with E-state index in [0.29, 0.717) is 0 Å². The monoisotopic (exact) mass is 216 g/mol. The normalized spacial score (nSPS) is 10.4. The summed E-state index contributed by atoms with van der Waals surface area (Å²) in [6.45, 7) is 3.71. The SMILES string of the molecule is Cc1cc(=O)cc(C)n1-n1ccc(=O)cc1. The van der Waals surface area contributed by atoms with Gasteiger partial charge in [0.2, 0.25) is 0 Å². The van der Waals surface area contributed by atoms with Gasteiger partial charge in [-0.25, -0.2) is 0 Å². The summed E-state index contributed by atoms with van der Waals surface area (Å²) in [5, 5.41) is 0. The largest absolute Gasteiger partial charge is 0.290 e. The molecule has 0 aliphatic carbocycles. The van der Waals surface area contributed by atoms with Crippen LogP contribution in [0.2, 0.25) is 0 Å². The fraction of sp³-hybridized carbons (Fsp3) is 0.167. The molecule has 0 saturated carbocycles. The molecule has 0 amide bonds. The van der Waals surface area contributed by atoms with Crippen LogP contribution in [0, 0.1) is 13.8 Å². The van der Waals surface area contributed by atoms with Crippen LogP contribution in [0.25, 0.3) is 0 Å². The Morgan fingerprint density at radius 2 is 1.38 bits per heavy atom. The van der Waals surface area contributed by atoms with Crippen molar-refractivity contribution in [3.05, 3.63) is 68.5 Å². The third-order valence-corrected chi connectivity index (χ3v) is 2.38. The first-order valence-electron chi connectivity index (χ1n) is 4.97. The lowest BCUT2D eigenvalue weighted by atomic mass is 10.3. The summed E-state index contributed by atoms with van der Waals surface area (Å²) >= 11 is 0. The maximum atomic E-state index is 11.3. The fourth-order valence-corrected chi connectivity index (χ4v) is 1.76. The van der Waals surface area contributed by atoms with E-state index in [4.69, 9.17) is 0 Å². The van der Waals surface area contributed by atoms with Gasteiger partial charge in [0.25, 0.3) is 0 Å². The fourth-order valence-electron chi connectivity index (χ4n) is 1.76. The maximum Gasteiger partial charge on any atom is 0.182 e. The molecule has 0 aliphatic rings. The van der Waals surface area contributed by atoms with Gasteiger partial charge in [-0.05, 0) is 13.8 Å². The number of pyridine rings is 2. The van der Waals surface area contributed by atoms with E-state index >= 15 is 0 Å². The Morgan fingerprint density at radius 1 is 0.875 bits per heavy atom. The van der Waals surface area contributed by atoms with Gasteiger partial charge in [0.05, 0.1) is 0 Å². The van der Waals surface area contributed by atoms with Crippen molar-refractivity contribution in [1.29, 1.82) is 0 Å². The maximum absolute atomic E-state index is 11.3. The molecule has 0 spiro atoms. The highest BCUT2D eigenvalue weighted by atomic mass is 16.1. The highest BCUT2D eigenvalue weighted by molar-refractivity contribution is 5.13. The van der Waals surface area contributed by atoms with Crippen molar-refractivity contribution in [3.8, 4) is 0 Å². The summed E-state index contributed by atoms with van der Waals surface area (Å²) in [6.07, 6.45) is 3.35. The molecule has 0 unspecified atom stereocenters. The average Bonchev–Trinajstić information content (AvgIpc) is 2.19. The number of nitrogens with zero attached hydrogens (tertiary/aromatic N) is 2. The third kappa shape index (κ3) is 1.82. The van der Waals surface area contributed by atoms with Gasteiger partial charge in [0, 0.05) is 48.0 Å². The molecule has 82 valence electrons. The molecule has 0 fully saturated rings. The first-order valence-corrected chi connectivity index (χ1v) is 4.97. The molecule has 0 aliphatic heterocycles. The predicted octanol–water partition coefficient (Wildman–Crippen LogP) is 0.938. The summed E-state index contributed by atoms with van der Waals surface area (Å²) in [6, 6.07) is 6.09. The Labute approximate surface area is 92.4 Å².